The van der Waals surface area contributed by atoms with Crippen molar-refractivity contribution in [3.8, 4) is 0 Å². The van der Waals surface area contributed by atoms with E-state index in [-0.39, 0.29) is 11.7 Å². The van der Waals surface area contributed by atoms with Crippen molar-refractivity contribution in [3.05, 3.63) is 0 Å². The Kier molecular flexibility index (Phi) is 3.60. The molecule has 0 spiro atoms. The van der Waals surface area contributed by atoms with Gasteiger partial charge in [-0.15, -0.1) is 0 Å². The number of carbonyl (C=O) groups excluding carboxylic acids is 2. The third-order valence-electron chi connectivity index (χ3n) is 2.54. The zero-order valence-electron chi connectivity index (χ0n) is 8.38. The molecule has 0 radical (unpaired) electrons. The van der Waals surface area contributed by atoms with Crippen molar-refractivity contribution in [1.82, 2.24) is 4.90 Å². The third kappa shape index (κ3) is 3.27. The van der Waals surface area contributed by atoms with Gasteiger partial charge in [-0.3, -0.25) is 9.59 Å². The molecule has 13 heavy (non-hydrogen) atoms. The Hall–Kier alpha value is -0.700. The Morgan fingerprint density at radius 1 is 1.62 bits per heavy atom. The van der Waals surface area contributed by atoms with Gasteiger partial charge in [-0.05, 0) is 6.92 Å². The summed E-state index contributed by atoms with van der Waals surface area (Å²) in [5.74, 6) is 0.740. The summed E-state index contributed by atoms with van der Waals surface area (Å²) in [5, 5.41) is 0. The molecule has 1 rings (SSSR count). The van der Waals surface area contributed by atoms with Gasteiger partial charge in [-0.25, -0.2) is 0 Å². The van der Waals surface area contributed by atoms with E-state index in [9.17, 15) is 9.59 Å². The molecular weight excluding hydrogens is 166 g/mol. The highest BCUT2D eigenvalue weighted by atomic mass is 16.1. The van der Waals surface area contributed by atoms with Crippen LogP contribution in [0.3, 0.4) is 0 Å². The fraction of sp³-hybridized carbons (Fsp3) is 0.800. The van der Waals surface area contributed by atoms with Crippen molar-refractivity contribution in [2.45, 2.75) is 26.7 Å². The second-order valence-electron chi connectivity index (χ2n) is 3.87. The molecule has 1 heterocycles. The SMILES string of the molecule is CC(=O)CCN1CCC(=O)C(C)C1. The summed E-state index contributed by atoms with van der Waals surface area (Å²) in [4.78, 5) is 24.1. The van der Waals surface area contributed by atoms with Gasteiger partial charge in [0, 0.05) is 38.4 Å². The molecule has 0 aromatic carbocycles. The Morgan fingerprint density at radius 2 is 2.31 bits per heavy atom. The first kappa shape index (κ1) is 10.4. The normalized spacial score (nSPS) is 24.8. The van der Waals surface area contributed by atoms with Gasteiger partial charge >= 0.3 is 0 Å². The molecular formula is C10H17NO2. The van der Waals surface area contributed by atoms with Gasteiger partial charge in [0.2, 0.25) is 0 Å². The van der Waals surface area contributed by atoms with E-state index in [0.29, 0.717) is 18.6 Å². The molecule has 0 amide bonds. The van der Waals surface area contributed by atoms with E-state index in [1.54, 1.807) is 6.92 Å². The second kappa shape index (κ2) is 4.51. The second-order valence-corrected chi connectivity index (χ2v) is 3.87. The number of ketones is 2. The number of nitrogens with zero attached hydrogens (tertiary/aromatic N) is 1. The topological polar surface area (TPSA) is 37.4 Å². The van der Waals surface area contributed by atoms with Gasteiger partial charge in [0.05, 0.1) is 0 Å². The van der Waals surface area contributed by atoms with Crippen molar-refractivity contribution in [2.75, 3.05) is 19.6 Å². The summed E-state index contributed by atoms with van der Waals surface area (Å²) < 4.78 is 0. The zero-order chi connectivity index (χ0) is 9.84. The lowest BCUT2D eigenvalue weighted by molar-refractivity contribution is -0.125. The maximum Gasteiger partial charge on any atom is 0.138 e. The van der Waals surface area contributed by atoms with Crippen molar-refractivity contribution in [2.24, 2.45) is 5.92 Å². The number of carbonyl (C=O) groups is 2. The summed E-state index contributed by atoms with van der Waals surface area (Å²) in [7, 11) is 0. The van der Waals surface area contributed by atoms with Crippen LogP contribution in [0.25, 0.3) is 0 Å². The lowest BCUT2D eigenvalue weighted by Crippen LogP contribution is -2.40. The van der Waals surface area contributed by atoms with Crippen LogP contribution < -0.4 is 0 Å². The fourth-order valence-corrected chi connectivity index (χ4v) is 1.61. The molecule has 1 unspecified atom stereocenters. The van der Waals surface area contributed by atoms with Crippen LogP contribution in [-0.2, 0) is 9.59 Å². The van der Waals surface area contributed by atoms with Gasteiger partial charge < -0.3 is 4.90 Å². The minimum atomic E-state index is 0.153. The summed E-state index contributed by atoms with van der Waals surface area (Å²) in [6, 6.07) is 0. The minimum Gasteiger partial charge on any atom is -0.302 e. The molecule has 3 nitrogen and oxygen atoms in total. The number of piperidine rings is 1. The monoisotopic (exact) mass is 183 g/mol. The average Bonchev–Trinajstić information content (AvgIpc) is 2.07. The number of Topliss-reactive ketones (excluding diaryl/α,β-unsaturated/α-hetero) is 2. The van der Waals surface area contributed by atoms with Crippen LogP contribution in [0.15, 0.2) is 0 Å². The van der Waals surface area contributed by atoms with Crippen molar-refractivity contribution in [3.63, 3.8) is 0 Å². The highest BCUT2D eigenvalue weighted by molar-refractivity contribution is 5.81. The molecule has 1 fully saturated rings. The molecule has 74 valence electrons. The van der Waals surface area contributed by atoms with E-state index in [0.717, 1.165) is 19.6 Å². The zero-order valence-corrected chi connectivity index (χ0v) is 8.38. The lowest BCUT2D eigenvalue weighted by atomic mass is 9.98. The summed E-state index contributed by atoms with van der Waals surface area (Å²) in [6.45, 7) is 6.04. The van der Waals surface area contributed by atoms with Crippen LogP contribution in [0.5, 0.6) is 0 Å². The Labute approximate surface area is 79.1 Å². The van der Waals surface area contributed by atoms with E-state index >= 15 is 0 Å². The molecule has 0 bridgehead atoms. The highest BCUT2D eigenvalue weighted by Crippen LogP contribution is 2.12. The van der Waals surface area contributed by atoms with Gasteiger partial charge in [-0.2, -0.15) is 0 Å². The van der Waals surface area contributed by atoms with E-state index < -0.39 is 0 Å². The van der Waals surface area contributed by atoms with Crippen molar-refractivity contribution >= 4 is 11.6 Å². The van der Waals surface area contributed by atoms with Gasteiger partial charge in [-0.1, -0.05) is 6.92 Å². The van der Waals surface area contributed by atoms with Gasteiger partial charge in [0.25, 0.3) is 0 Å². The van der Waals surface area contributed by atoms with Crippen LogP contribution in [0.2, 0.25) is 0 Å². The first-order chi connectivity index (χ1) is 6.09. The summed E-state index contributed by atoms with van der Waals surface area (Å²) >= 11 is 0. The Bertz CT molecular complexity index is 213. The molecule has 1 saturated heterocycles. The largest absolute Gasteiger partial charge is 0.302 e. The molecule has 1 aliphatic rings. The lowest BCUT2D eigenvalue weighted by Gasteiger charge is -2.29. The Balaban J connectivity index is 2.29. The van der Waals surface area contributed by atoms with Crippen LogP contribution >= 0.6 is 0 Å². The van der Waals surface area contributed by atoms with Gasteiger partial charge in [0.1, 0.15) is 11.6 Å². The average molecular weight is 183 g/mol. The quantitative estimate of drug-likeness (QED) is 0.651. The molecule has 0 N–H and O–H groups in total. The molecule has 0 saturated carbocycles. The first-order valence-electron chi connectivity index (χ1n) is 4.84. The van der Waals surface area contributed by atoms with Crippen LogP contribution in [0, 0.1) is 5.92 Å². The molecule has 1 aliphatic heterocycles. The van der Waals surface area contributed by atoms with Crippen LogP contribution in [-0.4, -0.2) is 36.1 Å². The van der Waals surface area contributed by atoms with Crippen LogP contribution in [0.4, 0.5) is 0 Å². The first-order valence-corrected chi connectivity index (χ1v) is 4.84. The molecule has 3 heteroatoms. The number of hydrogen-bond acceptors (Lipinski definition) is 3. The number of rotatable bonds is 3. The molecule has 0 aliphatic carbocycles. The van der Waals surface area contributed by atoms with Crippen LogP contribution in [0.1, 0.15) is 26.7 Å². The smallest absolute Gasteiger partial charge is 0.138 e. The Morgan fingerprint density at radius 3 is 2.85 bits per heavy atom. The van der Waals surface area contributed by atoms with E-state index in [2.05, 4.69) is 4.90 Å². The molecule has 0 aromatic heterocycles. The standard InChI is InChI=1S/C10H17NO2/c1-8-7-11(5-3-9(2)12)6-4-10(8)13/h8H,3-7H2,1-2H3. The maximum absolute atomic E-state index is 11.2. The maximum atomic E-state index is 11.2. The number of likely N-dealkylation sites (tertiary alicyclic amines) is 1. The van der Waals surface area contributed by atoms with Gasteiger partial charge in [0.15, 0.2) is 0 Å². The highest BCUT2D eigenvalue weighted by Gasteiger charge is 2.22. The van der Waals surface area contributed by atoms with Crippen molar-refractivity contribution in [1.29, 1.82) is 0 Å². The fourth-order valence-electron chi connectivity index (χ4n) is 1.61. The van der Waals surface area contributed by atoms with E-state index in [1.807, 2.05) is 6.92 Å². The summed E-state index contributed by atoms with van der Waals surface area (Å²) in [6.07, 6.45) is 1.26. The molecule has 1 atom stereocenters. The number of hydrogen-bond donors (Lipinski definition) is 0. The third-order valence-corrected chi connectivity index (χ3v) is 2.54. The predicted octanol–water partition coefficient (Wildman–Crippen LogP) is 0.876. The van der Waals surface area contributed by atoms with E-state index in [4.69, 9.17) is 0 Å². The summed E-state index contributed by atoms with van der Waals surface area (Å²) in [5.41, 5.74) is 0. The van der Waals surface area contributed by atoms with Crippen molar-refractivity contribution < 1.29 is 9.59 Å². The minimum absolute atomic E-state index is 0.153. The van der Waals surface area contributed by atoms with E-state index in [1.165, 1.54) is 0 Å². The predicted molar refractivity (Wildman–Crippen MR) is 50.5 cm³/mol. The molecule has 0 aromatic rings.